The smallest absolute Gasteiger partial charge is 0.273 e. The van der Waals surface area contributed by atoms with E-state index in [1.165, 1.54) is 23.4 Å². The number of carbonyl (C=O) groups excluding carboxylic acids is 1. The summed E-state index contributed by atoms with van der Waals surface area (Å²) in [4.78, 5) is 17.9. The molecule has 20 heavy (non-hydrogen) atoms. The van der Waals surface area contributed by atoms with Crippen molar-refractivity contribution in [3.05, 3.63) is 22.0 Å². The molecule has 0 aliphatic heterocycles. The molecule has 0 saturated heterocycles. The fraction of sp³-hybridized carbons (Fsp3) is 0.538. The van der Waals surface area contributed by atoms with Crippen LogP contribution in [0.25, 0.3) is 5.13 Å². The van der Waals surface area contributed by atoms with Crippen LogP contribution in [0.4, 0.5) is 0 Å². The molecule has 0 saturated carbocycles. The molecule has 7 heteroatoms. The molecule has 1 aliphatic carbocycles. The number of amides is 1. The molecular formula is C13H17N5OS. The maximum Gasteiger partial charge on any atom is 0.273 e. The highest BCUT2D eigenvalue weighted by molar-refractivity contribution is 7.14. The molecule has 0 fully saturated rings. The lowest BCUT2D eigenvalue weighted by Gasteiger charge is -2.06. The quantitative estimate of drug-likeness (QED) is 0.933. The zero-order valence-corrected chi connectivity index (χ0v) is 12.5. The maximum absolute atomic E-state index is 11.9. The van der Waals surface area contributed by atoms with Crippen molar-refractivity contribution in [2.45, 2.75) is 39.5 Å². The molecule has 1 amide bonds. The lowest BCUT2D eigenvalue weighted by atomic mass is 10.0. The van der Waals surface area contributed by atoms with E-state index in [0.717, 1.165) is 23.7 Å². The minimum atomic E-state index is -0.183. The second kappa shape index (κ2) is 5.32. The van der Waals surface area contributed by atoms with Gasteiger partial charge >= 0.3 is 0 Å². The molecule has 0 radical (unpaired) electrons. The van der Waals surface area contributed by atoms with Crippen LogP contribution >= 0.6 is 11.3 Å². The van der Waals surface area contributed by atoms with Gasteiger partial charge < -0.3 is 5.32 Å². The number of carbonyl (C=O) groups is 1. The molecule has 0 unspecified atom stereocenters. The number of aromatic nitrogens is 4. The summed E-state index contributed by atoms with van der Waals surface area (Å²) in [5.74, 6) is -0.183. The number of nitrogens with one attached hydrogen (secondary N) is 1. The number of rotatable bonds is 3. The Bertz CT molecular complexity index is 622. The maximum atomic E-state index is 11.9. The van der Waals surface area contributed by atoms with Gasteiger partial charge in [0.05, 0.1) is 11.4 Å². The van der Waals surface area contributed by atoms with E-state index in [1.807, 2.05) is 13.8 Å². The van der Waals surface area contributed by atoms with Gasteiger partial charge in [0.25, 0.3) is 5.91 Å². The summed E-state index contributed by atoms with van der Waals surface area (Å²) in [6, 6.07) is 0. The summed E-state index contributed by atoms with van der Waals surface area (Å²) in [5.41, 5.74) is 2.30. The van der Waals surface area contributed by atoms with Crippen LogP contribution in [0.2, 0.25) is 0 Å². The molecule has 0 bridgehead atoms. The summed E-state index contributed by atoms with van der Waals surface area (Å²) < 4.78 is 1.67. The van der Waals surface area contributed by atoms with Crippen LogP contribution in [0.15, 0.2) is 0 Å². The monoisotopic (exact) mass is 291 g/mol. The van der Waals surface area contributed by atoms with Gasteiger partial charge in [0.2, 0.25) is 5.13 Å². The van der Waals surface area contributed by atoms with Crippen LogP contribution in [-0.2, 0) is 12.8 Å². The molecule has 3 rings (SSSR count). The number of hydrogen-bond donors (Lipinski definition) is 1. The van der Waals surface area contributed by atoms with E-state index in [-0.39, 0.29) is 5.91 Å². The Hall–Kier alpha value is -1.76. The van der Waals surface area contributed by atoms with Crippen LogP contribution in [-0.4, -0.2) is 32.4 Å². The largest absolute Gasteiger partial charge is 0.351 e. The predicted octanol–water partition coefficient (Wildman–Crippen LogP) is 1.66. The fourth-order valence-corrected chi connectivity index (χ4v) is 3.54. The van der Waals surface area contributed by atoms with Crippen molar-refractivity contribution in [2.75, 3.05) is 6.54 Å². The minimum absolute atomic E-state index is 0.183. The van der Waals surface area contributed by atoms with Gasteiger partial charge in [0, 0.05) is 11.4 Å². The van der Waals surface area contributed by atoms with Gasteiger partial charge in [-0.15, -0.1) is 5.10 Å². The Kier molecular flexibility index (Phi) is 3.52. The zero-order valence-electron chi connectivity index (χ0n) is 11.6. The van der Waals surface area contributed by atoms with E-state index in [0.29, 0.717) is 12.2 Å². The van der Waals surface area contributed by atoms with Crippen molar-refractivity contribution >= 4 is 17.2 Å². The second-order valence-electron chi connectivity index (χ2n) is 4.87. The lowest BCUT2D eigenvalue weighted by Crippen LogP contribution is -2.24. The number of hydrogen-bond acceptors (Lipinski definition) is 5. The highest BCUT2D eigenvalue weighted by Gasteiger charge is 2.21. The number of thiazole rings is 1. The summed E-state index contributed by atoms with van der Waals surface area (Å²) in [6.45, 7) is 4.31. The molecule has 1 N–H and O–H groups in total. The molecular weight excluding hydrogens is 274 g/mol. The molecule has 2 heterocycles. The molecule has 0 spiro atoms. The Balaban J connectivity index is 1.94. The van der Waals surface area contributed by atoms with E-state index < -0.39 is 0 Å². The third-order valence-electron chi connectivity index (χ3n) is 3.46. The Labute approximate surface area is 121 Å². The second-order valence-corrected chi connectivity index (χ2v) is 5.93. The van der Waals surface area contributed by atoms with Crippen molar-refractivity contribution in [3.63, 3.8) is 0 Å². The van der Waals surface area contributed by atoms with Gasteiger partial charge in [-0.3, -0.25) is 4.79 Å². The van der Waals surface area contributed by atoms with Crippen molar-refractivity contribution < 1.29 is 4.79 Å². The van der Waals surface area contributed by atoms with Crippen molar-refractivity contribution in [2.24, 2.45) is 0 Å². The third-order valence-corrected chi connectivity index (χ3v) is 4.60. The average Bonchev–Trinajstić information content (AvgIpc) is 3.01. The van der Waals surface area contributed by atoms with Crippen LogP contribution in [0.3, 0.4) is 0 Å². The molecule has 1 aliphatic rings. The molecule has 2 aromatic rings. The lowest BCUT2D eigenvalue weighted by molar-refractivity contribution is 0.0950. The SMILES string of the molecule is CCNC(=O)c1nnn(-c2nc3c(s2)CCCC3)c1C. The Morgan fingerprint density at radius 1 is 1.40 bits per heavy atom. The zero-order chi connectivity index (χ0) is 14.1. The van der Waals surface area contributed by atoms with Gasteiger partial charge in [0.15, 0.2) is 5.69 Å². The number of nitrogens with zero attached hydrogens (tertiary/aromatic N) is 4. The molecule has 6 nitrogen and oxygen atoms in total. The van der Waals surface area contributed by atoms with E-state index in [1.54, 1.807) is 16.0 Å². The van der Waals surface area contributed by atoms with Gasteiger partial charge in [0.1, 0.15) is 0 Å². The van der Waals surface area contributed by atoms with Crippen LogP contribution in [0.5, 0.6) is 0 Å². The van der Waals surface area contributed by atoms with Gasteiger partial charge in [-0.05, 0) is 39.5 Å². The highest BCUT2D eigenvalue weighted by atomic mass is 32.1. The summed E-state index contributed by atoms with van der Waals surface area (Å²) in [6.07, 6.45) is 4.58. The van der Waals surface area contributed by atoms with E-state index in [9.17, 15) is 4.79 Å². The van der Waals surface area contributed by atoms with Gasteiger partial charge in [-0.2, -0.15) is 4.68 Å². The van der Waals surface area contributed by atoms with Gasteiger partial charge in [-0.1, -0.05) is 16.6 Å². The van der Waals surface area contributed by atoms with E-state index in [2.05, 4.69) is 20.6 Å². The Morgan fingerprint density at radius 3 is 2.95 bits per heavy atom. The van der Waals surface area contributed by atoms with E-state index >= 15 is 0 Å². The summed E-state index contributed by atoms with van der Waals surface area (Å²) in [5, 5.41) is 11.6. The summed E-state index contributed by atoms with van der Waals surface area (Å²) >= 11 is 1.66. The fourth-order valence-electron chi connectivity index (χ4n) is 2.39. The topological polar surface area (TPSA) is 72.7 Å². The first-order valence-corrected chi connectivity index (χ1v) is 7.71. The first-order valence-electron chi connectivity index (χ1n) is 6.90. The van der Waals surface area contributed by atoms with E-state index in [4.69, 9.17) is 0 Å². The van der Waals surface area contributed by atoms with Crippen molar-refractivity contribution in [1.29, 1.82) is 0 Å². The Morgan fingerprint density at radius 2 is 2.20 bits per heavy atom. The summed E-state index contributed by atoms with van der Waals surface area (Å²) in [7, 11) is 0. The first kappa shape index (κ1) is 13.2. The molecule has 2 aromatic heterocycles. The first-order chi connectivity index (χ1) is 9.70. The van der Waals surface area contributed by atoms with Crippen molar-refractivity contribution in [3.8, 4) is 5.13 Å². The number of aryl methyl sites for hydroxylation is 2. The number of fused-ring (bicyclic) bond motifs is 1. The van der Waals surface area contributed by atoms with Crippen LogP contribution in [0.1, 0.15) is 46.5 Å². The average molecular weight is 291 g/mol. The predicted molar refractivity (Wildman–Crippen MR) is 76.4 cm³/mol. The minimum Gasteiger partial charge on any atom is -0.351 e. The van der Waals surface area contributed by atoms with Crippen LogP contribution < -0.4 is 5.32 Å². The normalized spacial score (nSPS) is 14.1. The van der Waals surface area contributed by atoms with Crippen molar-refractivity contribution in [1.82, 2.24) is 25.3 Å². The molecule has 0 aromatic carbocycles. The standard InChI is InChI=1S/C13H17N5OS/c1-3-14-12(19)11-8(2)18(17-16-11)13-15-9-6-4-5-7-10(9)20-13/h3-7H2,1-2H3,(H,14,19). The van der Waals surface area contributed by atoms with Crippen LogP contribution in [0, 0.1) is 6.92 Å². The van der Waals surface area contributed by atoms with Gasteiger partial charge in [-0.25, -0.2) is 4.98 Å². The molecule has 106 valence electrons. The molecule has 0 atom stereocenters. The third kappa shape index (κ3) is 2.22. The highest BCUT2D eigenvalue weighted by Crippen LogP contribution is 2.29.